The van der Waals surface area contributed by atoms with Crippen LogP contribution >= 0.6 is 0 Å². The molecule has 0 aromatic heterocycles. The van der Waals surface area contributed by atoms with E-state index in [0.717, 1.165) is 16.3 Å². The van der Waals surface area contributed by atoms with Crippen molar-refractivity contribution in [3.8, 4) is 17.2 Å². The van der Waals surface area contributed by atoms with E-state index < -0.39 is 28.5 Å². The molecule has 2 amide bonds. The first-order valence-corrected chi connectivity index (χ1v) is 15.6. The van der Waals surface area contributed by atoms with Gasteiger partial charge in [-0.3, -0.25) is 13.9 Å². The Morgan fingerprint density at radius 2 is 1.49 bits per heavy atom. The third-order valence-corrected chi connectivity index (χ3v) is 8.95. The van der Waals surface area contributed by atoms with E-state index in [1.54, 1.807) is 49.6 Å². The highest BCUT2D eigenvalue weighted by Crippen LogP contribution is 2.34. The summed E-state index contributed by atoms with van der Waals surface area (Å²) in [7, 11) is 0.274. The van der Waals surface area contributed by atoms with Crippen LogP contribution in [-0.4, -0.2) is 65.1 Å². The fraction of sp³-hybridized carbons (Fsp3) is 0.375. The number of hydrogen-bond donors (Lipinski definition) is 1. The van der Waals surface area contributed by atoms with Crippen molar-refractivity contribution in [1.29, 1.82) is 0 Å². The molecular formula is C32H41N3O7S. The van der Waals surface area contributed by atoms with E-state index in [-0.39, 0.29) is 29.1 Å². The lowest BCUT2D eigenvalue weighted by atomic mass is 10.1. The molecule has 11 heteroatoms. The summed E-state index contributed by atoms with van der Waals surface area (Å²) in [6.45, 7) is 5.20. The fourth-order valence-corrected chi connectivity index (χ4v) is 5.94. The minimum atomic E-state index is -4.21. The van der Waals surface area contributed by atoms with Crippen molar-refractivity contribution in [2.45, 2.75) is 57.1 Å². The summed E-state index contributed by atoms with van der Waals surface area (Å²) in [4.78, 5) is 29.1. The van der Waals surface area contributed by atoms with E-state index >= 15 is 0 Å². The van der Waals surface area contributed by atoms with E-state index in [1.807, 2.05) is 32.9 Å². The maximum absolute atomic E-state index is 14.2. The standard InChI is InChI=1S/C32H41N3O7S/c1-7-23(3)33-32(37)28(8-2)34(21-24-14-17-26(40-4)18-15-24)31(36)22-35(43(38,39)27-12-10-9-11-13-27)25-16-19-29(41-5)30(20-25)42-6/h9-20,23,28H,7-8,21-22H2,1-6H3,(H,33,37)/t23-,28+/m0/s1. The first-order chi connectivity index (χ1) is 20.6. The molecule has 0 unspecified atom stereocenters. The number of nitrogens with one attached hydrogen (secondary N) is 1. The summed E-state index contributed by atoms with van der Waals surface area (Å²) in [5.41, 5.74) is 0.962. The maximum Gasteiger partial charge on any atom is 0.264 e. The second-order valence-electron chi connectivity index (χ2n) is 9.98. The van der Waals surface area contributed by atoms with Gasteiger partial charge in [0.05, 0.1) is 31.9 Å². The van der Waals surface area contributed by atoms with Crippen LogP contribution in [0.3, 0.4) is 0 Å². The molecule has 3 rings (SSSR count). The van der Waals surface area contributed by atoms with Crippen LogP contribution in [0.25, 0.3) is 0 Å². The molecule has 232 valence electrons. The lowest BCUT2D eigenvalue weighted by molar-refractivity contribution is -0.140. The predicted molar refractivity (Wildman–Crippen MR) is 166 cm³/mol. The summed E-state index contributed by atoms with van der Waals surface area (Å²) in [6, 6.07) is 18.7. The highest BCUT2D eigenvalue weighted by molar-refractivity contribution is 7.92. The zero-order valence-electron chi connectivity index (χ0n) is 25.6. The number of hydrogen-bond acceptors (Lipinski definition) is 7. The van der Waals surface area contributed by atoms with Gasteiger partial charge in [-0.1, -0.05) is 44.2 Å². The van der Waals surface area contributed by atoms with Crippen LogP contribution in [0, 0.1) is 0 Å². The Balaban J connectivity index is 2.10. The lowest BCUT2D eigenvalue weighted by Gasteiger charge is -2.34. The van der Waals surface area contributed by atoms with Crippen LogP contribution in [0.5, 0.6) is 17.2 Å². The molecule has 0 spiro atoms. The molecule has 3 aromatic rings. The van der Waals surface area contributed by atoms with E-state index in [2.05, 4.69) is 5.32 Å². The molecular weight excluding hydrogens is 570 g/mol. The van der Waals surface area contributed by atoms with Crippen LogP contribution in [0.1, 0.15) is 39.2 Å². The van der Waals surface area contributed by atoms with E-state index in [9.17, 15) is 18.0 Å². The van der Waals surface area contributed by atoms with Gasteiger partial charge in [0, 0.05) is 18.7 Å². The summed E-state index contributed by atoms with van der Waals surface area (Å²) in [5.74, 6) is 0.508. The van der Waals surface area contributed by atoms with Crippen LogP contribution in [-0.2, 0) is 26.2 Å². The van der Waals surface area contributed by atoms with Crippen LogP contribution < -0.4 is 23.8 Å². The highest BCUT2D eigenvalue weighted by Gasteiger charge is 2.34. The monoisotopic (exact) mass is 611 g/mol. The number of ether oxygens (including phenoxy) is 3. The minimum Gasteiger partial charge on any atom is -0.497 e. The zero-order chi connectivity index (χ0) is 31.6. The number of anilines is 1. The molecule has 0 saturated heterocycles. The first-order valence-electron chi connectivity index (χ1n) is 14.1. The topological polar surface area (TPSA) is 114 Å². The number of rotatable bonds is 15. The van der Waals surface area contributed by atoms with Gasteiger partial charge in [-0.2, -0.15) is 0 Å². The van der Waals surface area contributed by atoms with Crippen molar-refractivity contribution in [2.24, 2.45) is 0 Å². The van der Waals surface area contributed by atoms with Gasteiger partial charge in [0.2, 0.25) is 11.8 Å². The number of benzene rings is 3. The molecule has 10 nitrogen and oxygen atoms in total. The molecule has 0 fully saturated rings. The van der Waals surface area contributed by atoms with Gasteiger partial charge >= 0.3 is 0 Å². The van der Waals surface area contributed by atoms with Crippen LogP contribution in [0.4, 0.5) is 5.69 Å². The Morgan fingerprint density at radius 1 is 0.837 bits per heavy atom. The van der Waals surface area contributed by atoms with Gasteiger partial charge < -0.3 is 24.4 Å². The van der Waals surface area contributed by atoms with Crippen LogP contribution in [0.15, 0.2) is 77.7 Å². The first kappa shape index (κ1) is 33.3. The molecule has 3 aromatic carbocycles. The van der Waals surface area contributed by atoms with Gasteiger partial charge in [0.15, 0.2) is 11.5 Å². The molecule has 2 atom stereocenters. The van der Waals surface area contributed by atoms with Crippen molar-refractivity contribution in [3.63, 3.8) is 0 Å². The summed E-state index contributed by atoms with van der Waals surface area (Å²) >= 11 is 0. The fourth-order valence-electron chi connectivity index (χ4n) is 4.52. The molecule has 0 aliphatic heterocycles. The van der Waals surface area contributed by atoms with Crippen molar-refractivity contribution in [1.82, 2.24) is 10.2 Å². The number of amides is 2. The van der Waals surface area contributed by atoms with E-state index in [4.69, 9.17) is 14.2 Å². The Morgan fingerprint density at radius 3 is 2.05 bits per heavy atom. The molecule has 1 N–H and O–H groups in total. The number of carbonyl (C=O) groups excluding carboxylic acids is 2. The zero-order valence-corrected chi connectivity index (χ0v) is 26.4. The Bertz CT molecular complexity index is 1460. The molecule has 0 radical (unpaired) electrons. The Kier molecular flexibility index (Phi) is 11.8. The van der Waals surface area contributed by atoms with Crippen molar-refractivity contribution < 1.29 is 32.2 Å². The third-order valence-electron chi connectivity index (χ3n) is 7.16. The summed E-state index contributed by atoms with van der Waals surface area (Å²) < 4.78 is 45.1. The van der Waals surface area contributed by atoms with Gasteiger partial charge in [0.1, 0.15) is 18.3 Å². The average molecular weight is 612 g/mol. The SMILES string of the molecule is CC[C@H](C(=O)N[C@@H](C)CC)N(Cc1ccc(OC)cc1)C(=O)CN(c1ccc(OC)c(OC)c1)S(=O)(=O)c1ccccc1. The van der Waals surface area contributed by atoms with Crippen molar-refractivity contribution >= 4 is 27.5 Å². The third kappa shape index (κ3) is 8.19. The van der Waals surface area contributed by atoms with Crippen molar-refractivity contribution in [3.05, 3.63) is 78.4 Å². The van der Waals surface area contributed by atoms with Crippen molar-refractivity contribution in [2.75, 3.05) is 32.2 Å². The molecule has 0 saturated carbocycles. The summed E-state index contributed by atoms with van der Waals surface area (Å²) in [6.07, 6.45) is 1.04. The Hall–Kier alpha value is -4.25. The molecule has 0 aliphatic rings. The second kappa shape index (κ2) is 15.3. The minimum absolute atomic E-state index is 0.0147. The largest absolute Gasteiger partial charge is 0.497 e. The average Bonchev–Trinajstić information content (AvgIpc) is 3.03. The number of nitrogens with zero attached hydrogens (tertiary/aromatic N) is 2. The Labute approximate surface area is 254 Å². The van der Waals surface area contributed by atoms with Gasteiger partial charge in [0.25, 0.3) is 10.0 Å². The lowest BCUT2D eigenvalue weighted by Crippen LogP contribution is -2.53. The number of carbonyl (C=O) groups is 2. The summed E-state index contributed by atoms with van der Waals surface area (Å²) in [5, 5.41) is 2.97. The second-order valence-corrected chi connectivity index (χ2v) is 11.8. The van der Waals surface area contributed by atoms with Gasteiger partial charge in [-0.25, -0.2) is 8.42 Å². The highest BCUT2D eigenvalue weighted by atomic mass is 32.2. The molecule has 43 heavy (non-hydrogen) atoms. The molecule has 0 bridgehead atoms. The number of methoxy groups -OCH3 is 3. The smallest absolute Gasteiger partial charge is 0.264 e. The predicted octanol–water partition coefficient (Wildman–Crippen LogP) is 4.63. The van der Waals surface area contributed by atoms with E-state index in [0.29, 0.717) is 23.7 Å². The van der Waals surface area contributed by atoms with E-state index in [1.165, 1.54) is 37.3 Å². The normalized spacial score (nSPS) is 12.5. The van der Waals surface area contributed by atoms with Gasteiger partial charge in [-0.05, 0) is 61.7 Å². The molecule has 0 heterocycles. The van der Waals surface area contributed by atoms with Gasteiger partial charge in [-0.15, -0.1) is 0 Å². The quantitative estimate of drug-likeness (QED) is 0.267. The van der Waals surface area contributed by atoms with Crippen LogP contribution in [0.2, 0.25) is 0 Å². The number of sulfonamides is 1. The maximum atomic E-state index is 14.2. The molecule has 0 aliphatic carbocycles.